The number of rotatable bonds is 5. The van der Waals surface area contributed by atoms with Crippen molar-refractivity contribution in [2.75, 3.05) is 4.90 Å². The lowest BCUT2D eigenvalue weighted by atomic mass is 10.0. The molecule has 0 radical (unpaired) electrons. The van der Waals surface area contributed by atoms with Crippen LogP contribution in [0.15, 0.2) is 59.1 Å². The van der Waals surface area contributed by atoms with E-state index in [-0.39, 0.29) is 5.57 Å². The lowest BCUT2D eigenvalue weighted by molar-refractivity contribution is -0.118. The number of carbonyl (C=O) groups is 1. The molecule has 1 N–H and O–H groups in total. The van der Waals surface area contributed by atoms with Gasteiger partial charge in [0.25, 0.3) is 5.91 Å². The Balaban J connectivity index is 2.06. The summed E-state index contributed by atoms with van der Waals surface area (Å²) in [5.41, 5.74) is 2.81. The number of halogens is 1. The maximum absolute atomic E-state index is 12.4. The summed E-state index contributed by atoms with van der Waals surface area (Å²) in [6.45, 7) is 2.17. The van der Waals surface area contributed by atoms with E-state index >= 15 is 0 Å². The Kier molecular flexibility index (Phi) is 6.10. The molecular weight excluding hydrogens is 378 g/mol. The van der Waals surface area contributed by atoms with Gasteiger partial charge in [0.2, 0.25) is 0 Å². The number of amides is 1. The van der Waals surface area contributed by atoms with Gasteiger partial charge in [-0.2, -0.15) is 5.26 Å². The first kappa shape index (κ1) is 19.3. The Bertz CT molecular complexity index is 918. The quantitative estimate of drug-likeness (QED) is 0.699. The van der Waals surface area contributed by atoms with Gasteiger partial charge in [-0.15, -0.1) is 12.6 Å². The molecule has 1 heterocycles. The van der Waals surface area contributed by atoms with Crippen molar-refractivity contribution >= 4 is 35.8 Å². The minimum atomic E-state index is -0.544. The van der Waals surface area contributed by atoms with Gasteiger partial charge < -0.3 is 10.2 Å². The Morgan fingerprint density at radius 2 is 1.93 bits per heavy atom. The maximum Gasteiger partial charge on any atom is 0.266 e. The van der Waals surface area contributed by atoms with E-state index in [0.717, 1.165) is 30.5 Å². The summed E-state index contributed by atoms with van der Waals surface area (Å²) in [4.78, 5) is 14.2. The Hall–Kier alpha value is -2.42. The van der Waals surface area contributed by atoms with Crippen molar-refractivity contribution in [3.8, 4) is 6.07 Å². The van der Waals surface area contributed by atoms with E-state index in [9.17, 15) is 10.1 Å². The van der Waals surface area contributed by atoms with Crippen LogP contribution < -0.4 is 10.2 Å². The second-order valence-electron chi connectivity index (χ2n) is 6.35. The molecule has 2 aromatic carbocycles. The maximum atomic E-state index is 12.4. The molecule has 1 atom stereocenters. The summed E-state index contributed by atoms with van der Waals surface area (Å²) in [6, 6.07) is 17.4. The molecule has 3 rings (SSSR count). The highest BCUT2D eigenvalue weighted by Gasteiger charge is 2.34. The standard InChI is InChI=1S/C21H20ClN3OS/c1-2-3-6-14-9-11-15(12-10-14)25-19(16-7-4-5-8-18(16)22)24-20(26)17(13-23)21(25)27/h4-5,7-12,19,27H,2-3,6H2,1H3,(H,24,26). The summed E-state index contributed by atoms with van der Waals surface area (Å²) in [7, 11) is 0. The van der Waals surface area contributed by atoms with Crippen molar-refractivity contribution in [3.63, 3.8) is 0 Å². The predicted molar refractivity (Wildman–Crippen MR) is 111 cm³/mol. The topological polar surface area (TPSA) is 56.1 Å². The van der Waals surface area contributed by atoms with Gasteiger partial charge in [-0.05, 0) is 36.6 Å². The van der Waals surface area contributed by atoms with Gasteiger partial charge in [0.1, 0.15) is 17.8 Å². The van der Waals surface area contributed by atoms with E-state index in [1.807, 2.05) is 41.3 Å². The van der Waals surface area contributed by atoms with Crippen molar-refractivity contribution in [3.05, 3.63) is 75.3 Å². The van der Waals surface area contributed by atoms with Gasteiger partial charge in [-0.1, -0.05) is 55.3 Å². The second-order valence-corrected chi connectivity index (χ2v) is 7.18. The van der Waals surface area contributed by atoms with E-state index in [2.05, 4.69) is 37.0 Å². The van der Waals surface area contributed by atoms with Crippen molar-refractivity contribution in [2.45, 2.75) is 32.4 Å². The zero-order valence-electron chi connectivity index (χ0n) is 14.9. The third-order valence-electron chi connectivity index (χ3n) is 4.55. The van der Waals surface area contributed by atoms with Crippen LogP contribution in [0, 0.1) is 11.3 Å². The molecular formula is C21H20ClN3OS. The van der Waals surface area contributed by atoms with Crippen LogP contribution in [0.3, 0.4) is 0 Å². The number of unbranched alkanes of at least 4 members (excludes halogenated alkanes) is 1. The third kappa shape index (κ3) is 3.97. The fourth-order valence-corrected chi connectivity index (χ4v) is 3.72. The largest absolute Gasteiger partial charge is 0.327 e. The number of anilines is 1. The van der Waals surface area contributed by atoms with E-state index in [1.165, 1.54) is 5.56 Å². The summed E-state index contributed by atoms with van der Waals surface area (Å²) in [5.74, 6) is -0.455. The fourth-order valence-electron chi connectivity index (χ4n) is 3.10. The lowest BCUT2D eigenvalue weighted by Crippen LogP contribution is -2.46. The van der Waals surface area contributed by atoms with Gasteiger partial charge in [-0.3, -0.25) is 4.79 Å². The first-order valence-electron chi connectivity index (χ1n) is 8.83. The number of aryl methyl sites for hydroxylation is 1. The van der Waals surface area contributed by atoms with Crippen LogP contribution in [0.1, 0.15) is 37.1 Å². The molecule has 0 spiro atoms. The molecule has 6 heteroatoms. The molecule has 1 aliphatic rings. The van der Waals surface area contributed by atoms with Crippen LogP contribution >= 0.6 is 24.2 Å². The van der Waals surface area contributed by atoms with Crippen LogP contribution in [0.25, 0.3) is 0 Å². The predicted octanol–water partition coefficient (Wildman–Crippen LogP) is 4.98. The van der Waals surface area contributed by atoms with Crippen LogP contribution in [-0.4, -0.2) is 5.91 Å². The molecule has 0 aliphatic carbocycles. The zero-order valence-corrected chi connectivity index (χ0v) is 16.6. The Labute approximate surface area is 169 Å². The molecule has 1 unspecified atom stereocenters. The summed E-state index contributed by atoms with van der Waals surface area (Å²) >= 11 is 10.9. The van der Waals surface area contributed by atoms with E-state index in [4.69, 9.17) is 11.6 Å². The highest BCUT2D eigenvalue weighted by atomic mass is 35.5. The molecule has 0 saturated heterocycles. The Morgan fingerprint density at radius 1 is 1.22 bits per heavy atom. The second kappa shape index (κ2) is 8.51. The van der Waals surface area contributed by atoms with Crippen LogP contribution in [0.4, 0.5) is 5.69 Å². The van der Waals surface area contributed by atoms with Crippen LogP contribution in [0.5, 0.6) is 0 Å². The molecule has 0 bridgehead atoms. The number of nitrogens with one attached hydrogen (secondary N) is 1. The summed E-state index contributed by atoms with van der Waals surface area (Å²) in [6.07, 6.45) is 2.76. The van der Waals surface area contributed by atoms with Gasteiger partial charge >= 0.3 is 0 Å². The fraction of sp³-hybridized carbons (Fsp3) is 0.238. The molecule has 0 saturated carbocycles. The SMILES string of the molecule is CCCCc1ccc(N2C(S)=C(C#N)C(=O)NC2c2ccccc2Cl)cc1. The van der Waals surface area contributed by atoms with Crippen LogP contribution in [-0.2, 0) is 11.2 Å². The number of hydrogen-bond acceptors (Lipinski definition) is 4. The van der Waals surface area contributed by atoms with Crippen molar-refractivity contribution in [1.82, 2.24) is 5.32 Å². The molecule has 1 amide bonds. The number of carbonyl (C=O) groups excluding carboxylic acids is 1. The first-order valence-corrected chi connectivity index (χ1v) is 9.66. The molecule has 4 nitrogen and oxygen atoms in total. The van der Waals surface area contributed by atoms with Gasteiger partial charge in [0.05, 0.1) is 5.03 Å². The zero-order chi connectivity index (χ0) is 19.4. The molecule has 0 fully saturated rings. The van der Waals surface area contributed by atoms with Gasteiger partial charge in [0, 0.05) is 16.3 Å². The van der Waals surface area contributed by atoms with Crippen LogP contribution in [0.2, 0.25) is 5.02 Å². The van der Waals surface area contributed by atoms with E-state index in [1.54, 1.807) is 6.07 Å². The first-order chi connectivity index (χ1) is 13.1. The summed E-state index contributed by atoms with van der Waals surface area (Å²) < 4.78 is 0. The third-order valence-corrected chi connectivity index (χ3v) is 5.33. The van der Waals surface area contributed by atoms with E-state index < -0.39 is 12.1 Å². The van der Waals surface area contributed by atoms with E-state index in [0.29, 0.717) is 10.1 Å². The molecule has 27 heavy (non-hydrogen) atoms. The minimum Gasteiger partial charge on any atom is -0.327 e. The molecule has 0 aromatic heterocycles. The average molecular weight is 398 g/mol. The highest BCUT2D eigenvalue weighted by Crippen LogP contribution is 2.37. The lowest BCUT2D eigenvalue weighted by Gasteiger charge is -2.38. The van der Waals surface area contributed by atoms with Gasteiger partial charge in [-0.25, -0.2) is 0 Å². The number of hydrogen-bond donors (Lipinski definition) is 2. The van der Waals surface area contributed by atoms with Crippen molar-refractivity contribution in [1.29, 1.82) is 5.26 Å². The smallest absolute Gasteiger partial charge is 0.266 e. The molecule has 138 valence electrons. The summed E-state index contributed by atoms with van der Waals surface area (Å²) in [5, 5.41) is 13.1. The molecule has 2 aromatic rings. The normalized spacial score (nSPS) is 16.9. The number of benzene rings is 2. The number of nitriles is 1. The number of thiol groups is 1. The monoisotopic (exact) mass is 397 g/mol. The number of nitrogens with zero attached hydrogens (tertiary/aromatic N) is 2. The molecule has 1 aliphatic heterocycles. The average Bonchev–Trinajstić information content (AvgIpc) is 2.67. The van der Waals surface area contributed by atoms with Crippen molar-refractivity contribution in [2.24, 2.45) is 0 Å². The van der Waals surface area contributed by atoms with Crippen molar-refractivity contribution < 1.29 is 4.79 Å². The highest BCUT2D eigenvalue weighted by molar-refractivity contribution is 7.84. The van der Waals surface area contributed by atoms with Gasteiger partial charge in [0.15, 0.2) is 0 Å². The Morgan fingerprint density at radius 3 is 2.56 bits per heavy atom. The minimum absolute atomic E-state index is 0.0169.